The number of carbonyl (C=O) groups excluding carboxylic acids is 1. The third-order valence-electron chi connectivity index (χ3n) is 3.98. The molecule has 118 valence electrons. The predicted molar refractivity (Wildman–Crippen MR) is 81.2 cm³/mol. The van der Waals surface area contributed by atoms with Gasteiger partial charge in [0.1, 0.15) is 6.33 Å². The fourth-order valence-corrected chi connectivity index (χ4v) is 2.64. The summed E-state index contributed by atoms with van der Waals surface area (Å²) in [6.07, 6.45) is 9.17. The number of rotatable bonds is 4. The maximum Gasteiger partial charge on any atom is 0.291 e. The van der Waals surface area contributed by atoms with Gasteiger partial charge in [0.25, 0.3) is 5.91 Å². The number of carbonyl (C=O) groups is 1. The highest BCUT2D eigenvalue weighted by Crippen LogP contribution is 2.29. The largest absolute Gasteiger partial charge is 0.347 e. The van der Waals surface area contributed by atoms with Gasteiger partial charge in [-0.3, -0.25) is 4.79 Å². The molecule has 0 radical (unpaired) electrons. The third-order valence-corrected chi connectivity index (χ3v) is 3.98. The molecule has 0 aromatic carbocycles. The summed E-state index contributed by atoms with van der Waals surface area (Å²) in [6.45, 7) is 7.03. The summed E-state index contributed by atoms with van der Waals surface area (Å²) in [5.74, 6) is 0.654. The zero-order valence-electron chi connectivity index (χ0n) is 13.2. The van der Waals surface area contributed by atoms with Gasteiger partial charge in [0, 0.05) is 25.0 Å². The number of imidazole rings is 1. The lowest BCUT2D eigenvalue weighted by Gasteiger charge is -2.35. The van der Waals surface area contributed by atoms with Crippen LogP contribution in [0.2, 0.25) is 0 Å². The van der Waals surface area contributed by atoms with Crippen molar-refractivity contribution in [3.63, 3.8) is 0 Å². The van der Waals surface area contributed by atoms with Gasteiger partial charge in [-0.15, -0.1) is 5.10 Å². The first-order valence-electron chi connectivity index (χ1n) is 7.60. The lowest BCUT2D eigenvalue weighted by molar-refractivity contribution is 0.0870. The van der Waals surface area contributed by atoms with Crippen LogP contribution in [0.15, 0.2) is 25.0 Å². The second kappa shape index (κ2) is 5.55. The fraction of sp³-hybridized carbons (Fsp3) is 0.600. The molecule has 0 unspecified atom stereocenters. The van der Waals surface area contributed by atoms with Gasteiger partial charge in [0.05, 0.1) is 11.9 Å². The minimum atomic E-state index is -0.186. The van der Waals surface area contributed by atoms with Crippen LogP contribution in [0.1, 0.15) is 44.2 Å². The first kappa shape index (κ1) is 14.7. The van der Waals surface area contributed by atoms with E-state index in [0.29, 0.717) is 5.92 Å². The van der Waals surface area contributed by atoms with Crippen LogP contribution >= 0.6 is 0 Å². The van der Waals surface area contributed by atoms with Gasteiger partial charge in [0.2, 0.25) is 5.82 Å². The monoisotopic (exact) mass is 302 g/mol. The maximum absolute atomic E-state index is 12.1. The Bertz CT molecular complexity index is 633. The van der Waals surface area contributed by atoms with E-state index in [-0.39, 0.29) is 23.3 Å². The summed E-state index contributed by atoms with van der Waals surface area (Å²) >= 11 is 0. The van der Waals surface area contributed by atoms with Gasteiger partial charge < -0.3 is 9.88 Å². The van der Waals surface area contributed by atoms with Crippen molar-refractivity contribution in [3.05, 3.63) is 30.9 Å². The summed E-state index contributed by atoms with van der Waals surface area (Å²) < 4.78 is 3.79. The topological polar surface area (TPSA) is 77.6 Å². The molecular weight excluding hydrogens is 280 g/mol. The Morgan fingerprint density at radius 3 is 2.73 bits per heavy atom. The molecular formula is C15H22N6O. The van der Waals surface area contributed by atoms with Gasteiger partial charge in [-0.25, -0.2) is 14.6 Å². The highest BCUT2D eigenvalue weighted by atomic mass is 16.2. The lowest BCUT2D eigenvalue weighted by Crippen LogP contribution is -2.45. The van der Waals surface area contributed by atoms with Crippen LogP contribution in [0, 0.1) is 5.92 Å². The van der Waals surface area contributed by atoms with E-state index < -0.39 is 0 Å². The summed E-state index contributed by atoms with van der Waals surface area (Å²) in [5, 5.41) is 7.26. The molecule has 1 aliphatic carbocycles. The van der Waals surface area contributed by atoms with E-state index in [0.717, 1.165) is 19.4 Å². The highest BCUT2D eigenvalue weighted by molar-refractivity contribution is 5.90. The second-order valence-corrected chi connectivity index (χ2v) is 6.95. The molecule has 3 rings (SSSR count). The first-order chi connectivity index (χ1) is 10.4. The van der Waals surface area contributed by atoms with Crippen molar-refractivity contribution in [1.29, 1.82) is 0 Å². The summed E-state index contributed by atoms with van der Waals surface area (Å²) in [5.41, 5.74) is -0.169. The van der Waals surface area contributed by atoms with Gasteiger partial charge >= 0.3 is 0 Å². The number of amides is 1. The number of aromatic nitrogens is 5. The quantitative estimate of drug-likeness (QED) is 0.927. The van der Waals surface area contributed by atoms with E-state index >= 15 is 0 Å². The first-order valence-corrected chi connectivity index (χ1v) is 7.60. The van der Waals surface area contributed by atoms with Gasteiger partial charge in [-0.2, -0.15) is 0 Å². The minimum absolute atomic E-state index is 0.169. The van der Waals surface area contributed by atoms with E-state index in [2.05, 4.69) is 25.0 Å². The Morgan fingerprint density at radius 1 is 1.36 bits per heavy atom. The van der Waals surface area contributed by atoms with E-state index in [1.165, 1.54) is 0 Å². The van der Waals surface area contributed by atoms with Crippen LogP contribution in [-0.4, -0.2) is 36.3 Å². The summed E-state index contributed by atoms with van der Waals surface area (Å²) in [6, 6.07) is 0.225. The molecule has 22 heavy (non-hydrogen) atoms. The molecule has 7 heteroatoms. The Labute approximate surface area is 129 Å². The molecule has 0 aliphatic heterocycles. The molecule has 0 atom stereocenters. The Hall–Kier alpha value is -2.18. The molecule has 0 bridgehead atoms. The van der Waals surface area contributed by atoms with E-state index in [9.17, 15) is 4.79 Å². The average molecular weight is 302 g/mol. The number of hydrogen-bond donors (Lipinski definition) is 1. The molecule has 2 aromatic heterocycles. The lowest BCUT2D eigenvalue weighted by atomic mass is 9.80. The van der Waals surface area contributed by atoms with E-state index in [1.807, 2.05) is 33.3 Å². The molecule has 2 aromatic rings. The zero-order chi connectivity index (χ0) is 15.7. The van der Waals surface area contributed by atoms with E-state index in [1.54, 1.807) is 17.2 Å². The zero-order valence-corrected chi connectivity index (χ0v) is 13.2. The number of nitrogens with one attached hydrogen (secondary N) is 1. The molecule has 2 heterocycles. The van der Waals surface area contributed by atoms with Crippen molar-refractivity contribution in [3.8, 4) is 0 Å². The van der Waals surface area contributed by atoms with Crippen LogP contribution in [-0.2, 0) is 12.1 Å². The van der Waals surface area contributed by atoms with Crippen LogP contribution in [0.25, 0.3) is 0 Å². The fourth-order valence-electron chi connectivity index (χ4n) is 2.64. The predicted octanol–water partition coefficient (Wildman–Crippen LogP) is 1.44. The number of nitrogens with zero attached hydrogens (tertiary/aromatic N) is 5. The molecule has 1 aliphatic rings. The Morgan fingerprint density at radius 2 is 2.14 bits per heavy atom. The standard InChI is InChI=1S/C15H22N6O/c1-15(2,3)21-10-17-13(19-21)14(22)18-12-6-11(7-12)8-20-5-4-16-9-20/h4-5,9-12H,6-8H2,1-3H3,(H,18,22). The van der Waals surface area contributed by atoms with Gasteiger partial charge in [-0.1, -0.05) is 0 Å². The van der Waals surface area contributed by atoms with Crippen LogP contribution in [0.3, 0.4) is 0 Å². The van der Waals surface area contributed by atoms with Crippen LogP contribution in [0.5, 0.6) is 0 Å². The highest BCUT2D eigenvalue weighted by Gasteiger charge is 2.31. The maximum atomic E-state index is 12.1. The molecule has 1 saturated carbocycles. The second-order valence-electron chi connectivity index (χ2n) is 6.95. The normalized spacial score (nSPS) is 21.4. The molecule has 1 fully saturated rings. The molecule has 1 N–H and O–H groups in total. The minimum Gasteiger partial charge on any atom is -0.347 e. The van der Waals surface area contributed by atoms with Crippen LogP contribution < -0.4 is 5.32 Å². The third kappa shape index (κ3) is 3.18. The van der Waals surface area contributed by atoms with Gasteiger partial charge in [0.15, 0.2) is 0 Å². The number of hydrogen-bond acceptors (Lipinski definition) is 4. The van der Waals surface area contributed by atoms with Crippen molar-refractivity contribution in [1.82, 2.24) is 29.6 Å². The summed E-state index contributed by atoms with van der Waals surface area (Å²) in [4.78, 5) is 20.3. The van der Waals surface area contributed by atoms with Gasteiger partial charge in [-0.05, 0) is 39.5 Å². The van der Waals surface area contributed by atoms with Crippen LogP contribution in [0.4, 0.5) is 0 Å². The average Bonchev–Trinajstić information content (AvgIpc) is 3.06. The molecule has 0 spiro atoms. The van der Waals surface area contributed by atoms with E-state index in [4.69, 9.17) is 0 Å². The smallest absolute Gasteiger partial charge is 0.291 e. The molecule has 0 saturated heterocycles. The SMILES string of the molecule is CC(C)(C)n1cnc(C(=O)NC2CC(Cn3ccnc3)C2)n1. The van der Waals surface area contributed by atoms with Crippen molar-refractivity contribution in [2.75, 3.05) is 0 Å². The molecule has 7 nitrogen and oxygen atoms in total. The van der Waals surface area contributed by atoms with Crippen molar-refractivity contribution in [2.45, 2.75) is 51.7 Å². The Kier molecular flexibility index (Phi) is 3.72. The molecule has 1 amide bonds. The Balaban J connectivity index is 1.48. The van der Waals surface area contributed by atoms with Crippen molar-refractivity contribution >= 4 is 5.91 Å². The van der Waals surface area contributed by atoms with Crippen molar-refractivity contribution in [2.24, 2.45) is 5.92 Å². The van der Waals surface area contributed by atoms with Crippen molar-refractivity contribution < 1.29 is 4.79 Å². The summed E-state index contributed by atoms with van der Waals surface area (Å²) in [7, 11) is 0.